The van der Waals surface area contributed by atoms with E-state index in [4.69, 9.17) is 17.7 Å². The van der Waals surface area contributed by atoms with Gasteiger partial charge in [-0.25, -0.2) is 0 Å². The van der Waals surface area contributed by atoms with Gasteiger partial charge in [-0.1, -0.05) is 30.3 Å². The highest BCUT2D eigenvalue weighted by Gasteiger charge is 2.39. The van der Waals surface area contributed by atoms with Crippen molar-refractivity contribution in [2.75, 3.05) is 19.8 Å². The molecule has 0 aliphatic carbocycles. The molecule has 0 saturated heterocycles. The summed E-state index contributed by atoms with van der Waals surface area (Å²) in [5.41, 5.74) is 1.34. The van der Waals surface area contributed by atoms with Crippen LogP contribution in [0.4, 0.5) is 0 Å². The van der Waals surface area contributed by atoms with Crippen molar-refractivity contribution in [1.29, 1.82) is 0 Å². The molecule has 0 bridgehead atoms. The quantitative estimate of drug-likeness (QED) is 0.167. The fourth-order valence-corrected chi connectivity index (χ4v) is 16.2. The lowest BCUT2D eigenvalue weighted by Gasteiger charge is -2.38. The van der Waals surface area contributed by atoms with Crippen molar-refractivity contribution in [2.24, 2.45) is 0 Å². The van der Waals surface area contributed by atoms with Crippen molar-refractivity contribution in [3.05, 3.63) is 65.7 Å². The Bertz CT molecular complexity index is 842. The van der Waals surface area contributed by atoms with Crippen molar-refractivity contribution in [3.63, 3.8) is 0 Å². The second-order valence-corrected chi connectivity index (χ2v) is 23.2. The van der Waals surface area contributed by atoms with Crippen LogP contribution in [0.5, 0.6) is 5.75 Å². The highest BCUT2D eigenvalue weighted by molar-refractivity contribution is 6.87. The second-order valence-electron chi connectivity index (χ2n) is 10.3. The Morgan fingerprint density at radius 2 is 1.24 bits per heavy atom. The Morgan fingerprint density at radius 3 is 1.79 bits per heavy atom. The summed E-state index contributed by atoms with van der Waals surface area (Å²) < 4.78 is 24.6. The number of ether oxygens (including phenoxy) is 2. The van der Waals surface area contributed by atoms with Crippen LogP contribution in [0.1, 0.15) is 22.3 Å². The van der Waals surface area contributed by atoms with Crippen LogP contribution >= 0.6 is 0 Å². The summed E-state index contributed by atoms with van der Waals surface area (Å²) in [7, 11) is -5.53. The summed E-state index contributed by atoms with van der Waals surface area (Å²) in [6.07, 6.45) is 0.925. The monoisotopic (exact) mass is 504 g/mol. The summed E-state index contributed by atoms with van der Waals surface area (Å²) in [6.45, 7) is 17.2. The van der Waals surface area contributed by atoms with Gasteiger partial charge in [0, 0.05) is 17.7 Å². The number of rotatable bonds is 14. The normalized spacial score (nSPS) is 12.6. The molecule has 2 rings (SSSR count). The van der Waals surface area contributed by atoms with E-state index in [9.17, 15) is 4.79 Å². The minimum atomic E-state index is -2.20. The second kappa shape index (κ2) is 12.2. The summed E-state index contributed by atoms with van der Waals surface area (Å²) in [5.74, 6) is 0.743. The molecule has 0 atom stereocenters. The SMILES string of the molecule is C[Si](C)(C)O[Si](C)(CCCOCCOc1ccc(C(=O)c2ccccc2)cc1)O[Si](C)(C)C. The van der Waals surface area contributed by atoms with E-state index in [-0.39, 0.29) is 5.78 Å². The molecule has 182 valence electrons. The minimum Gasteiger partial charge on any atom is -0.491 e. The molecule has 0 fully saturated rings. The molecule has 0 aromatic heterocycles. The summed E-state index contributed by atoms with van der Waals surface area (Å²) in [5, 5.41) is 0. The van der Waals surface area contributed by atoms with E-state index >= 15 is 0 Å². The van der Waals surface area contributed by atoms with E-state index in [1.165, 1.54) is 0 Å². The molecule has 0 unspecified atom stereocenters. The molecular formula is C25H40O5Si3. The van der Waals surface area contributed by atoms with Gasteiger partial charge in [0.2, 0.25) is 0 Å². The van der Waals surface area contributed by atoms with Crippen LogP contribution in [0, 0.1) is 0 Å². The maximum Gasteiger partial charge on any atom is 0.314 e. The molecule has 8 heteroatoms. The highest BCUT2D eigenvalue weighted by atomic mass is 28.5. The third kappa shape index (κ3) is 10.9. The summed E-state index contributed by atoms with van der Waals surface area (Å²) >= 11 is 0. The lowest BCUT2D eigenvalue weighted by Crippen LogP contribution is -2.52. The van der Waals surface area contributed by atoms with Gasteiger partial charge in [-0.2, -0.15) is 0 Å². The number of carbonyl (C=O) groups excluding carboxylic acids is 1. The fraction of sp³-hybridized carbons (Fsp3) is 0.480. The topological polar surface area (TPSA) is 54.0 Å². The van der Waals surface area contributed by atoms with Crippen LogP contribution in [0.15, 0.2) is 54.6 Å². The Morgan fingerprint density at radius 1 is 0.697 bits per heavy atom. The van der Waals surface area contributed by atoms with E-state index in [1.807, 2.05) is 42.5 Å². The number of hydrogen-bond donors (Lipinski definition) is 0. The van der Waals surface area contributed by atoms with Gasteiger partial charge in [0.05, 0.1) is 6.61 Å². The van der Waals surface area contributed by atoms with Crippen LogP contribution in [-0.2, 0) is 13.0 Å². The van der Waals surface area contributed by atoms with Crippen LogP contribution in [0.2, 0.25) is 51.9 Å². The molecule has 33 heavy (non-hydrogen) atoms. The molecule has 0 amide bonds. The largest absolute Gasteiger partial charge is 0.491 e. The number of benzene rings is 2. The molecule has 0 radical (unpaired) electrons. The van der Waals surface area contributed by atoms with Crippen molar-refractivity contribution < 1.29 is 22.5 Å². The molecule has 0 N–H and O–H groups in total. The molecule has 2 aromatic carbocycles. The Kier molecular flexibility index (Phi) is 10.3. The molecule has 0 spiro atoms. The maximum absolute atomic E-state index is 12.5. The van der Waals surface area contributed by atoms with Gasteiger partial charge in [-0.05, 0) is 82.6 Å². The third-order valence-corrected chi connectivity index (χ3v) is 14.2. The number of ketones is 1. The zero-order valence-corrected chi connectivity index (χ0v) is 24.3. The van der Waals surface area contributed by atoms with Crippen molar-refractivity contribution in [1.82, 2.24) is 0 Å². The Hall–Kier alpha value is -1.56. The molecule has 0 saturated carbocycles. The predicted octanol–water partition coefficient (Wildman–Crippen LogP) is 6.48. The van der Waals surface area contributed by atoms with Crippen LogP contribution in [0.25, 0.3) is 0 Å². The van der Waals surface area contributed by atoms with E-state index < -0.39 is 25.2 Å². The Labute approximate surface area is 202 Å². The fourth-order valence-electron chi connectivity index (χ4n) is 3.69. The minimum absolute atomic E-state index is 0.0113. The van der Waals surface area contributed by atoms with E-state index in [2.05, 4.69) is 45.8 Å². The first kappa shape index (κ1) is 27.7. The Balaban J connectivity index is 1.71. The average molecular weight is 505 g/mol. The van der Waals surface area contributed by atoms with Gasteiger partial charge in [0.15, 0.2) is 22.4 Å². The molecule has 0 aliphatic heterocycles. The van der Waals surface area contributed by atoms with Crippen LogP contribution in [-0.4, -0.2) is 50.8 Å². The number of hydrogen-bond acceptors (Lipinski definition) is 5. The number of carbonyl (C=O) groups is 1. The first-order valence-corrected chi connectivity index (χ1v) is 21.0. The van der Waals surface area contributed by atoms with Crippen molar-refractivity contribution >= 4 is 31.0 Å². The standard InChI is InChI=1S/C25H40O5Si3/c1-31(2,3)29-33(7,30-32(4,5)6)21-11-18-27-19-20-28-24-16-14-23(15-17-24)25(26)22-12-9-8-10-13-22/h8-10,12-17H,11,18-21H2,1-7H3. The zero-order chi connectivity index (χ0) is 24.5. The van der Waals surface area contributed by atoms with E-state index in [0.29, 0.717) is 30.9 Å². The molecule has 0 heterocycles. The predicted molar refractivity (Wildman–Crippen MR) is 143 cm³/mol. The van der Waals surface area contributed by atoms with Gasteiger partial charge in [0.25, 0.3) is 0 Å². The van der Waals surface area contributed by atoms with Gasteiger partial charge in [-0.15, -0.1) is 0 Å². The molecule has 2 aromatic rings. The molecular weight excluding hydrogens is 465 g/mol. The zero-order valence-electron chi connectivity index (χ0n) is 21.3. The van der Waals surface area contributed by atoms with E-state index in [1.54, 1.807) is 12.1 Å². The first-order chi connectivity index (χ1) is 15.4. The van der Waals surface area contributed by atoms with Crippen molar-refractivity contribution in [2.45, 2.75) is 58.3 Å². The van der Waals surface area contributed by atoms with E-state index in [0.717, 1.165) is 18.2 Å². The van der Waals surface area contributed by atoms with Gasteiger partial charge < -0.3 is 17.7 Å². The maximum atomic E-state index is 12.5. The van der Waals surface area contributed by atoms with Gasteiger partial charge in [0.1, 0.15) is 12.4 Å². The third-order valence-electron chi connectivity index (χ3n) is 4.61. The summed E-state index contributed by atoms with van der Waals surface area (Å²) in [4.78, 5) is 12.5. The first-order valence-electron chi connectivity index (χ1n) is 11.7. The lowest BCUT2D eigenvalue weighted by molar-refractivity contribution is 0.0995. The smallest absolute Gasteiger partial charge is 0.314 e. The summed E-state index contributed by atoms with van der Waals surface area (Å²) in [6, 6.07) is 17.5. The highest BCUT2D eigenvalue weighted by Crippen LogP contribution is 2.25. The average Bonchev–Trinajstić information content (AvgIpc) is 2.71. The van der Waals surface area contributed by atoms with Crippen molar-refractivity contribution in [3.8, 4) is 5.75 Å². The van der Waals surface area contributed by atoms with Gasteiger partial charge >= 0.3 is 8.56 Å². The molecule has 5 nitrogen and oxygen atoms in total. The van der Waals surface area contributed by atoms with Crippen LogP contribution in [0.3, 0.4) is 0 Å². The molecule has 0 aliphatic rings. The van der Waals surface area contributed by atoms with Gasteiger partial charge in [-0.3, -0.25) is 4.79 Å². The van der Waals surface area contributed by atoms with Crippen LogP contribution < -0.4 is 4.74 Å². The lowest BCUT2D eigenvalue weighted by atomic mass is 10.0.